The molecule has 0 bridgehead atoms. The Hall–Kier alpha value is -4.63. The van der Waals surface area contributed by atoms with Gasteiger partial charge >= 0.3 is 0 Å². The van der Waals surface area contributed by atoms with E-state index in [-0.39, 0.29) is 24.4 Å². The van der Waals surface area contributed by atoms with Crippen LogP contribution >= 0.6 is 0 Å². The molecule has 3 N–H and O–H groups in total. The summed E-state index contributed by atoms with van der Waals surface area (Å²) < 4.78 is 30.9. The lowest BCUT2D eigenvalue weighted by atomic mass is 9.78. The fourth-order valence-corrected chi connectivity index (χ4v) is 6.14. The van der Waals surface area contributed by atoms with Gasteiger partial charge in [-0.3, -0.25) is 4.79 Å². The van der Waals surface area contributed by atoms with E-state index < -0.39 is 5.54 Å². The maximum Gasteiger partial charge on any atom is 0.252 e. The minimum Gasteiger partial charge on any atom is -0.493 e. The third-order valence-corrected chi connectivity index (χ3v) is 8.05. The minimum absolute atomic E-state index is 0.0567. The van der Waals surface area contributed by atoms with Crippen molar-refractivity contribution in [2.45, 2.75) is 44.8 Å². The summed E-state index contributed by atoms with van der Waals surface area (Å²) in [7, 11) is 3.14. The van der Waals surface area contributed by atoms with E-state index in [1.165, 1.54) is 12.1 Å². The van der Waals surface area contributed by atoms with Crippen LogP contribution in [-0.2, 0) is 12.0 Å². The number of nitrogens with zero attached hydrogens (tertiary/aromatic N) is 1. The van der Waals surface area contributed by atoms with E-state index in [9.17, 15) is 14.3 Å². The summed E-state index contributed by atoms with van der Waals surface area (Å²) in [5, 5.41) is 15.5. The van der Waals surface area contributed by atoms with Gasteiger partial charge in [0.15, 0.2) is 11.5 Å². The molecule has 9 heteroatoms. The van der Waals surface area contributed by atoms with Crippen molar-refractivity contribution in [3.8, 4) is 28.5 Å². The van der Waals surface area contributed by atoms with Gasteiger partial charge in [-0.15, -0.1) is 0 Å². The van der Waals surface area contributed by atoms with Gasteiger partial charge in [0.05, 0.1) is 49.2 Å². The van der Waals surface area contributed by atoms with Crippen LogP contribution in [0.1, 0.15) is 48.3 Å². The summed E-state index contributed by atoms with van der Waals surface area (Å²) in [6.07, 6.45) is 1.95. The number of hydrogen-bond donors (Lipinski definition) is 3. The summed E-state index contributed by atoms with van der Waals surface area (Å²) in [5.41, 5.74) is 3.57. The predicted molar refractivity (Wildman–Crippen MR) is 163 cm³/mol. The zero-order valence-corrected chi connectivity index (χ0v) is 24.6. The number of rotatable bonds is 8. The van der Waals surface area contributed by atoms with E-state index in [0.717, 1.165) is 35.0 Å². The second-order valence-corrected chi connectivity index (χ2v) is 11.2. The van der Waals surface area contributed by atoms with Crippen LogP contribution in [0.4, 0.5) is 4.39 Å². The molecule has 0 radical (unpaired) electrons. The number of carbonyl (C=O) groups is 1. The Morgan fingerprint density at radius 2 is 1.86 bits per heavy atom. The molecule has 8 nitrogen and oxygen atoms in total. The number of hydrogen-bond acceptors (Lipinski definition) is 6. The number of aliphatic hydroxyl groups is 1. The second-order valence-electron chi connectivity index (χ2n) is 11.2. The number of amides is 1. The van der Waals surface area contributed by atoms with Gasteiger partial charge in [0.25, 0.3) is 5.91 Å². The predicted octanol–water partition coefficient (Wildman–Crippen LogP) is 6.28. The van der Waals surface area contributed by atoms with Crippen molar-refractivity contribution < 1.29 is 28.5 Å². The Kier molecular flexibility index (Phi) is 7.43. The molecule has 6 rings (SSSR count). The standard InChI is InChI=1S/C34H34FN3O5/c1-19(2)43-22-9-11-26-24(16-22)25(17-28(36-26)20-7-12-30(41-3)31(14-20)42-4)33(40)38-34(18-39)13-5-6-27-32(34)23-10-8-21(35)15-29(23)37-27/h7-12,14-17,19,37,39H,5-6,13,18H2,1-4H3,(H,38,40). The molecule has 2 aromatic heterocycles. The molecule has 0 fully saturated rings. The van der Waals surface area contributed by atoms with E-state index in [4.69, 9.17) is 19.2 Å². The monoisotopic (exact) mass is 583 g/mol. The number of aromatic nitrogens is 2. The number of ether oxygens (including phenoxy) is 3. The van der Waals surface area contributed by atoms with Crippen LogP contribution in [0.5, 0.6) is 17.2 Å². The second kappa shape index (κ2) is 11.2. The van der Waals surface area contributed by atoms with Gasteiger partial charge in [0.1, 0.15) is 11.6 Å². The molecule has 1 atom stereocenters. The quantitative estimate of drug-likeness (QED) is 0.199. The number of fused-ring (bicyclic) bond motifs is 4. The van der Waals surface area contributed by atoms with E-state index >= 15 is 0 Å². The normalized spacial score (nSPS) is 16.3. The number of halogens is 1. The molecule has 222 valence electrons. The number of methoxy groups -OCH3 is 2. The lowest BCUT2D eigenvalue weighted by Crippen LogP contribution is -2.50. The van der Waals surface area contributed by atoms with Crippen LogP contribution in [0.3, 0.4) is 0 Å². The van der Waals surface area contributed by atoms with Gasteiger partial charge in [-0.1, -0.05) is 0 Å². The Bertz CT molecular complexity index is 1850. The Morgan fingerprint density at radius 3 is 2.60 bits per heavy atom. The molecule has 1 amide bonds. The van der Waals surface area contributed by atoms with Crippen LogP contribution in [0.2, 0.25) is 0 Å². The van der Waals surface area contributed by atoms with Crippen molar-refractivity contribution in [3.63, 3.8) is 0 Å². The topological polar surface area (TPSA) is 106 Å². The highest BCUT2D eigenvalue weighted by atomic mass is 19.1. The maximum absolute atomic E-state index is 14.3. The molecule has 43 heavy (non-hydrogen) atoms. The summed E-state index contributed by atoms with van der Waals surface area (Å²) in [6.45, 7) is 3.56. The number of aromatic amines is 1. The van der Waals surface area contributed by atoms with Crippen molar-refractivity contribution in [1.82, 2.24) is 15.3 Å². The number of aryl methyl sites for hydroxylation is 1. The zero-order valence-electron chi connectivity index (χ0n) is 24.6. The SMILES string of the molecule is COc1ccc(-c2cc(C(=O)NC3(CO)CCCc4[nH]c5cc(F)ccc5c43)c3cc(OC(C)C)ccc3n2)cc1OC. The summed E-state index contributed by atoms with van der Waals surface area (Å²) in [5.74, 6) is 1.02. The minimum atomic E-state index is -1.06. The van der Waals surface area contributed by atoms with Gasteiger partial charge < -0.3 is 29.6 Å². The number of nitrogens with one attached hydrogen (secondary N) is 2. The van der Waals surface area contributed by atoms with Crippen molar-refractivity contribution in [2.24, 2.45) is 0 Å². The third-order valence-electron chi connectivity index (χ3n) is 8.05. The highest BCUT2D eigenvalue weighted by Crippen LogP contribution is 2.41. The fourth-order valence-electron chi connectivity index (χ4n) is 6.14. The van der Waals surface area contributed by atoms with Crippen molar-refractivity contribution in [3.05, 3.63) is 83.3 Å². The summed E-state index contributed by atoms with van der Waals surface area (Å²) in [4.78, 5) is 22.5. The molecule has 0 aliphatic heterocycles. The Labute approximate surface area is 248 Å². The number of pyridine rings is 1. The van der Waals surface area contributed by atoms with Crippen LogP contribution in [0.15, 0.2) is 60.7 Å². The highest BCUT2D eigenvalue weighted by molar-refractivity contribution is 6.08. The molecule has 1 aliphatic carbocycles. The van der Waals surface area contributed by atoms with Crippen LogP contribution in [0.25, 0.3) is 33.1 Å². The van der Waals surface area contributed by atoms with Crippen LogP contribution in [-0.4, -0.2) is 47.9 Å². The van der Waals surface area contributed by atoms with Crippen molar-refractivity contribution >= 4 is 27.7 Å². The van der Waals surface area contributed by atoms with Gasteiger partial charge in [-0.2, -0.15) is 0 Å². The first kappa shape index (κ1) is 28.5. The molecule has 5 aromatic rings. The van der Waals surface area contributed by atoms with Gasteiger partial charge in [-0.25, -0.2) is 9.37 Å². The molecular formula is C34H34FN3O5. The highest BCUT2D eigenvalue weighted by Gasteiger charge is 2.40. The average molecular weight is 584 g/mol. The number of aliphatic hydroxyl groups excluding tert-OH is 1. The third kappa shape index (κ3) is 5.14. The van der Waals surface area contributed by atoms with Crippen LogP contribution < -0.4 is 19.5 Å². The molecule has 3 aromatic carbocycles. The van der Waals surface area contributed by atoms with E-state index in [0.29, 0.717) is 51.3 Å². The Morgan fingerprint density at radius 1 is 1.05 bits per heavy atom. The van der Waals surface area contributed by atoms with Gasteiger partial charge in [0, 0.05) is 33.1 Å². The van der Waals surface area contributed by atoms with E-state index in [1.54, 1.807) is 32.4 Å². The first-order valence-electron chi connectivity index (χ1n) is 14.3. The van der Waals surface area contributed by atoms with Crippen LogP contribution in [0, 0.1) is 5.82 Å². The van der Waals surface area contributed by atoms with Crippen molar-refractivity contribution in [1.29, 1.82) is 0 Å². The molecule has 2 heterocycles. The fraction of sp³-hybridized carbons (Fsp3) is 0.294. The maximum atomic E-state index is 14.3. The average Bonchev–Trinajstić information content (AvgIpc) is 3.38. The molecule has 0 saturated heterocycles. The largest absolute Gasteiger partial charge is 0.493 e. The smallest absolute Gasteiger partial charge is 0.252 e. The first-order valence-corrected chi connectivity index (χ1v) is 14.3. The van der Waals surface area contributed by atoms with Crippen molar-refractivity contribution in [2.75, 3.05) is 20.8 Å². The molecular weight excluding hydrogens is 549 g/mol. The summed E-state index contributed by atoms with van der Waals surface area (Å²) in [6, 6.07) is 17.3. The zero-order chi connectivity index (χ0) is 30.3. The summed E-state index contributed by atoms with van der Waals surface area (Å²) >= 11 is 0. The van der Waals surface area contributed by atoms with Gasteiger partial charge in [-0.05, 0) is 93.8 Å². The first-order chi connectivity index (χ1) is 20.7. The number of benzene rings is 3. The van der Waals surface area contributed by atoms with Gasteiger partial charge in [0.2, 0.25) is 0 Å². The molecule has 0 saturated carbocycles. The Balaban J connectivity index is 1.49. The lowest BCUT2D eigenvalue weighted by molar-refractivity contribution is 0.0802. The lowest BCUT2D eigenvalue weighted by Gasteiger charge is -2.37. The number of H-pyrrole nitrogens is 1. The molecule has 1 aliphatic rings. The molecule has 0 spiro atoms. The van der Waals surface area contributed by atoms with E-state index in [2.05, 4.69) is 10.3 Å². The molecule has 1 unspecified atom stereocenters. The van der Waals surface area contributed by atoms with E-state index in [1.807, 2.05) is 44.2 Å². The number of carbonyl (C=O) groups excluding carboxylic acids is 1.